The maximum Gasteiger partial charge on any atom is 0.185 e. The van der Waals surface area contributed by atoms with E-state index < -0.39 is 30.2 Å². The van der Waals surface area contributed by atoms with Gasteiger partial charge in [0.1, 0.15) is 0 Å². The standard InChI is InChI=1S/C26H32O4S2/c1-7-8-26(31(27,28)21(5)12-9-19(2)3)24-15-17-25(18-16-24)32(29,30)22(6)23-13-10-20(4)11-14-23/h9-18,22,26H,2,5,7-8H2,1,3-4,6H3/b12-9-. The SMILES string of the molecule is C=C(C)/C=C\C(=C)S(=O)(=O)C(CCC)c1ccc(S(=O)(=O)C(C)c2ccc(C)cc2)cc1. The van der Waals surface area contributed by atoms with Crippen LogP contribution in [0.3, 0.4) is 0 Å². The maximum atomic E-state index is 13.1. The van der Waals surface area contributed by atoms with Crippen LogP contribution in [-0.4, -0.2) is 16.8 Å². The summed E-state index contributed by atoms with van der Waals surface area (Å²) in [7, 11) is -7.31. The molecule has 0 fully saturated rings. The smallest absolute Gasteiger partial charge is 0.185 e. The third-order valence-corrected chi connectivity index (χ3v) is 9.69. The van der Waals surface area contributed by atoms with Crippen molar-refractivity contribution in [3.05, 3.63) is 101 Å². The summed E-state index contributed by atoms with van der Waals surface area (Å²) in [6, 6.07) is 13.6. The largest absolute Gasteiger partial charge is 0.223 e. The number of allylic oxidation sites excluding steroid dienone is 3. The van der Waals surface area contributed by atoms with Gasteiger partial charge in [-0.3, -0.25) is 0 Å². The van der Waals surface area contributed by atoms with Crippen molar-refractivity contribution >= 4 is 19.7 Å². The monoisotopic (exact) mass is 472 g/mol. The Hall–Kier alpha value is -2.44. The van der Waals surface area contributed by atoms with Gasteiger partial charge in [-0.15, -0.1) is 0 Å². The van der Waals surface area contributed by atoms with Gasteiger partial charge in [-0.25, -0.2) is 16.8 Å². The number of sulfone groups is 2. The molecule has 32 heavy (non-hydrogen) atoms. The van der Waals surface area contributed by atoms with E-state index in [2.05, 4.69) is 13.2 Å². The first-order chi connectivity index (χ1) is 14.9. The van der Waals surface area contributed by atoms with E-state index in [0.717, 1.165) is 11.1 Å². The molecule has 2 aromatic rings. The van der Waals surface area contributed by atoms with Crippen LogP contribution in [0.4, 0.5) is 0 Å². The number of benzene rings is 2. The third kappa shape index (κ3) is 5.87. The Morgan fingerprint density at radius 1 is 0.906 bits per heavy atom. The van der Waals surface area contributed by atoms with E-state index in [1.165, 1.54) is 18.2 Å². The molecule has 2 atom stereocenters. The van der Waals surface area contributed by atoms with Crippen LogP contribution in [-0.2, 0) is 19.7 Å². The Kier molecular flexibility index (Phi) is 8.43. The zero-order chi connectivity index (χ0) is 24.1. The Morgan fingerprint density at radius 2 is 1.44 bits per heavy atom. The van der Waals surface area contributed by atoms with Gasteiger partial charge in [-0.05, 0) is 56.5 Å². The highest BCUT2D eigenvalue weighted by Gasteiger charge is 2.30. The van der Waals surface area contributed by atoms with Gasteiger partial charge < -0.3 is 0 Å². The summed E-state index contributed by atoms with van der Waals surface area (Å²) in [5.74, 6) is 0. The van der Waals surface area contributed by atoms with Gasteiger partial charge in [0.05, 0.1) is 20.3 Å². The van der Waals surface area contributed by atoms with Crippen molar-refractivity contribution in [3.8, 4) is 0 Å². The van der Waals surface area contributed by atoms with Gasteiger partial charge in [0, 0.05) is 0 Å². The highest BCUT2D eigenvalue weighted by molar-refractivity contribution is 7.95. The molecule has 0 aromatic heterocycles. The van der Waals surface area contributed by atoms with Crippen LogP contribution >= 0.6 is 0 Å². The van der Waals surface area contributed by atoms with Gasteiger partial charge in [0.2, 0.25) is 0 Å². The molecule has 0 bridgehead atoms. The van der Waals surface area contributed by atoms with Crippen LogP contribution in [0.2, 0.25) is 0 Å². The fourth-order valence-corrected chi connectivity index (χ4v) is 6.49. The van der Waals surface area contributed by atoms with E-state index in [4.69, 9.17) is 0 Å². The van der Waals surface area contributed by atoms with Crippen molar-refractivity contribution in [1.29, 1.82) is 0 Å². The van der Waals surface area contributed by atoms with Gasteiger partial charge in [-0.1, -0.05) is 80.1 Å². The van der Waals surface area contributed by atoms with Crippen molar-refractivity contribution in [2.24, 2.45) is 0 Å². The predicted octanol–water partition coefficient (Wildman–Crippen LogP) is 6.43. The Labute approximate surface area is 193 Å². The van der Waals surface area contributed by atoms with Crippen molar-refractivity contribution < 1.29 is 16.8 Å². The zero-order valence-electron chi connectivity index (χ0n) is 19.2. The van der Waals surface area contributed by atoms with E-state index in [1.54, 1.807) is 32.1 Å². The zero-order valence-corrected chi connectivity index (χ0v) is 20.8. The van der Waals surface area contributed by atoms with Crippen LogP contribution in [0.15, 0.2) is 89.2 Å². The van der Waals surface area contributed by atoms with E-state index >= 15 is 0 Å². The number of rotatable bonds is 10. The minimum atomic E-state index is -3.70. The first kappa shape index (κ1) is 25.8. The molecule has 0 aliphatic rings. The predicted molar refractivity (Wildman–Crippen MR) is 133 cm³/mol. The Morgan fingerprint density at radius 3 is 1.94 bits per heavy atom. The average molecular weight is 473 g/mol. The van der Waals surface area contributed by atoms with Crippen LogP contribution in [0, 0.1) is 6.92 Å². The third-order valence-electron chi connectivity index (χ3n) is 5.44. The van der Waals surface area contributed by atoms with Crippen molar-refractivity contribution in [1.82, 2.24) is 0 Å². The Balaban J connectivity index is 2.38. The topological polar surface area (TPSA) is 68.3 Å². The maximum absolute atomic E-state index is 13.1. The van der Waals surface area contributed by atoms with E-state index in [-0.39, 0.29) is 9.80 Å². The van der Waals surface area contributed by atoms with Crippen LogP contribution in [0.25, 0.3) is 0 Å². The molecule has 0 aliphatic carbocycles. The summed E-state index contributed by atoms with van der Waals surface area (Å²) in [6.07, 6.45) is 4.15. The lowest BCUT2D eigenvalue weighted by Crippen LogP contribution is -2.15. The first-order valence-electron chi connectivity index (χ1n) is 10.6. The summed E-state index contributed by atoms with van der Waals surface area (Å²) in [4.78, 5) is 0.187. The second-order valence-electron chi connectivity index (χ2n) is 8.14. The molecule has 2 aromatic carbocycles. The molecule has 2 unspecified atom stereocenters. The molecular formula is C26H32O4S2. The minimum Gasteiger partial charge on any atom is -0.223 e. The normalized spacial score (nSPS) is 14.2. The van der Waals surface area contributed by atoms with Gasteiger partial charge >= 0.3 is 0 Å². The second-order valence-corrected chi connectivity index (χ2v) is 12.6. The van der Waals surface area contributed by atoms with E-state index in [9.17, 15) is 16.8 Å². The van der Waals surface area contributed by atoms with Crippen molar-refractivity contribution in [3.63, 3.8) is 0 Å². The molecule has 4 nitrogen and oxygen atoms in total. The summed E-state index contributed by atoms with van der Waals surface area (Å²) in [5.41, 5.74) is 3.06. The highest BCUT2D eigenvalue weighted by Crippen LogP contribution is 2.34. The van der Waals surface area contributed by atoms with Gasteiger partial charge in [-0.2, -0.15) is 0 Å². The quantitative estimate of drug-likeness (QED) is 0.374. The summed E-state index contributed by atoms with van der Waals surface area (Å²) in [5, 5.41) is -1.50. The highest BCUT2D eigenvalue weighted by atomic mass is 32.2. The summed E-state index contributed by atoms with van der Waals surface area (Å²) < 4.78 is 52.5. The number of hydrogen-bond acceptors (Lipinski definition) is 4. The number of aryl methyl sites for hydroxylation is 1. The van der Waals surface area contributed by atoms with Crippen molar-refractivity contribution in [2.45, 2.75) is 55.9 Å². The first-order valence-corrected chi connectivity index (χ1v) is 13.7. The molecule has 0 saturated heterocycles. The van der Waals surface area contributed by atoms with Crippen LogP contribution in [0.1, 0.15) is 60.8 Å². The van der Waals surface area contributed by atoms with Crippen LogP contribution < -0.4 is 0 Å². The van der Waals surface area contributed by atoms with E-state index in [0.29, 0.717) is 24.0 Å². The van der Waals surface area contributed by atoms with Crippen LogP contribution in [0.5, 0.6) is 0 Å². The van der Waals surface area contributed by atoms with Gasteiger partial charge in [0.25, 0.3) is 0 Å². The number of hydrogen-bond donors (Lipinski definition) is 0. The van der Waals surface area contributed by atoms with Crippen molar-refractivity contribution in [2.75, 3.05) is 0 Å². The Bertz CT molecular complexity index is 1200. The molecule has 0 N–H and O–H groups in total. The lowest BCUT2D eigenvalue weighted by molar-refractivity contribution is 0.581. The molecule has 0 amide bonds. The molecule has 2 rings (SSSR count). The second kappa shape index (κ2) is 10.5. The summed E-state index contributed by atoms with van der Waals surface area (Å²) in [6.45, 7) is 14.8. The summed E-state index contributed by atoms with van der Waals surface area (Å²) >= 11 is 0. The lowest BCUT2D eigenvalue weighted by Gasteiger charge is -2.19. The molecule has 0 spiro atoms. The molecule has 6 heteroatoms. The molecule has 172 valence electrons. The molecule has 0 heterocycles. The van der Waals surface area contributed by atoms with E-state index in [1.807, 2.05) is 38.1 Å². The molecule has 0 saturated carbocycles. The molecule has 0 aliphatic heterocycles. The fourth-order valence-electron chi connectivity index (χ4n) is 3.37. The minimum absolute atomic E-state index is 0.0173. The average Bonchev–Trinajstić information content (AvgIpc) is 2.75. The molecular weight excluding hydrogens is 440 g/mol. The van der Waals surface area contributed by atoms with Gasteiger partial charge in [0.15, 0.2) is 19.7 Å². The lowest BCUT2D eigenvalue weighted by atomic mass is 10.1. The molecule has 0 radical (unpaired) electrons. The fraction of sp³-hybridized carbons (Fsp3) is 0.308.